The maximum atomic E-state index is 10.0. The van der Waals surface area contributed by atoms with E-state index in [1.54, 1.807) is 0 Å². The maximum absolute atomic E-state index is 10.0. The Balaban J connectivity index is 1.96. The number of hydrogen-bond acceptors (Lipinski definition) is 8. The van der Waals surface area contributed by atoms with Gasteiger partial charge in [-0.05, 0) is 0 Å². The van der Waals surface area contributed by atoms with E-state index < -0.39 is 36.4 Å². The van der Waals surface area contributed by atoms with Gasteiger partial charge < -0.3 is 25.5 Å². The van der Waals surface area contributed by atoms with E-state index in [2.05, 4.69) is 10.5 Å². The highest BCUT2D eigenvalue weighted by Crippen LogP contribution is 2.26. The predicted octanol–water partition coefficient (Wildman–Crippen LogP) is -1.55. The summed E-state index contributed by atoms with van der Waals surface area (Å²) in [7, 11) is 0. The van der Waals surface area contributed by atoms with Gasteiger partial charge in [0.1, 0.15) is 34.8 Å². The van der Waals surface area contributed by atoms with Crippen LogP contribution in [0.3, 0.4) is 0 Å². The van der Waals surface area contributed by atoms with Crippen LogP contribution in [0.25, 0.3) is 0 Å². The normalized spacial score (nSPS) is 23.9. The fraction of sp³-hybridized carbons (Fsp3) is 0.462. The summed E-state index contributed by atoms with van der Waals surface area (Å²) < 4.78 is 0. The highest BCUT2D eigenvalue weighted by atomic mass is 32.2. The van der Waals surface area contributed by atoms with Gasteiger partial charge >= 0.3 is 0 Å². The third kappa shape index (κ3) is 3.73. The molecule has 0 bridgehead atoms. The molecule has 1 heterocycles. The predicted molar refractivity (Wildman–Crippen MR) is 78.6 cm³/mol. The summed E-state index contributed by atoms with van der Waals surface area (Å²) >= 11 is 1.21. The van der Waals surface area contributed by atoms with Crippen LogP contribution in [0.2, 0.25) is 0 Å². The van der Waals surface area contributed by atoms with Crippen molar-refractivity contribution >= 4 is 16.8 Å². The van der Waals surface area contributed by atoms with Gasteiger partial charge in [-0.1, -0.05) is 42.1 Å². The van der Waals surface area contributed by atoms with Gasteiger partial charge in [-0.3, -0.25) is 5.43 Å². The molecule has 0 aromatic heterocycles. The number of nitrogens with zero attached hydrogens (tertiary/aromatic N) is 1. The van der Waals surface area contributed by atoms with Gasteiger partial charge in [0.25, 0.3) is 0 Å². The Morgan fingerprint density at radius 3 is 2.38 bits per heavy atom. The number of aliphatic hydroxyl groups excluding tert-OH is 5. The first-order chi connectivity index (χ1) is 10.0. The minimum Gasteiger partial charge on any atom is -0.394 e. The first-order valence-electron chi connectivity index (χ1n) is 6.43. The molecule has 0 saturated heterocycles. The van der Waals surface area contributed by atoms with Crippen LogP contribution in [-0.4, -0.2) is 67.0 Å². The van der Waals surface area contributed by atoms with Crippen molar-refractivity contribution in [2.45, 2.75) is 29.8 Å². The molecule has 1 aromatic rings. The zero-order valence-electron chi connectivity index (χ0n) is 11.1. The topological polar surface area (TPSA) is 126 Å². The van der Waals surface area contributed by atoms with E-state index in [1.165, 1.54) is 11.8 Å². The molecule has 1 aliphatic heterocycles. The molecule has 2 rings (SSSR count). The second-order valence-electron chi connectivity index (χ2n) is 4.67. The van der Waals surface area contributed by atoms with Crippen molar-refractivity contribution in [3.63, 3.8) is 0 Å². The summed E-state index contributed by atoms with van der Waals surface area (Å²) in [6.07, 6.45) is -6.14. The minimum atomic E-state index is -1.65. The fourth-order valence-corrected chi connectivity index (χ4v) is 2.90. The number of hydrogen-bond donors (Lipinski definition) is 6. The van der Waals surface area contributed by atoms with E-state index in [4.69, 9.17) is 5.11 Å². The van der Waals surface area contributed by atoms with Gasteiger partial charge in [0.15, 0.2) is 0 Å². The van der Waals surface area contributed by atoms with Crippen LogP contribution < -0.4 is 5.43 Å². The first kappa shape index (κ1) is 16.2. The number of thioether (sulfide) groups is 1. The van der Waals surface area contributed by atoms with E-state index >= 15 is 0 Å². The van der Waals surface area contributed by atoms with Gasteiger partial charge in [-0.2, -0.15) is 5.10 Å². The average molecular weight is 314 g/mol. The highest BCUT2D eigenvalue weighted by Gasteiger charge is 2.37. The first-order valence-corrected chi connectivity index (χ1v) is 7.31. The number of nitrogens with one attached hydrogen (secondary N) is 1. The van der Waals surface area contributed by atoms with Crippen LogP contribution in [0.1, 0.15) is 5.56 Å². The summed E-state index contributed by atoms with van der Waals surface area (Å²) in [5.41, 5.74) is 3.55. The molecule has 7 nitrogen and oxygen atoms in total. The Morgan fingerprint density at radius 1 is 1.10 bits per heavy atom. The third-order valence-electron chi connectivity index (χ3n) is 3.14. The molecule has 0 aliphatic carbocycles. The number of benzene rings is 1. The molecule has 6 N–H and O–H groups in total. The lowest BCUT2D eigenvalue weighted by molar-refractivity contribution is -0.116. The Morgan fingerprint density at radius 2 is 1.76 bits per heavy atom. The number of hydrazone groups is 1. The second kappa shape index (κ2) is 7.21. The van der Waals surface area contributed by atoms with Gasteiger partial charge in [0.05, 0.1) is 6.61 Å². The van der Waals surface area contributed by atoms with Crippen molar-refractivity contribution in [1.82, 2.24) is 5.43 Å². The lowest BCUT2D eigenvalue weighted by Gasteiger charge is -2.28. The fourth-order valence-electron chi connectivity index (χ4n) is 1.87. The quantitative estimate of drug-likeness (QED) is 0.375. The largest absolute Gasteiger partial charge is 0.394 e. The monoisotopic (exact) mass is 314 g/mol. The molecule has 21 heavy (non-hydrogen) atoms. The molecule has 0 fully saturated rings. The van der Waals surface area contributed by atoms with E-state index in [0.717, 1.165) is 5.56 Å². The van der Waals surface area contributed by atoms with Gasteiger partial charge in [0, 0.05) is 5.56 Å². The Kier molecular flexibility index (Phi) is 5.57. The van der Waals surface area contributed by atoms with Crippen molar-refractivity contribution in [3.05, 3.63) is 35.9 Å². The standard InChI is InChI=1S/C13H18N2O5S/c16-6-8(17)9(18)10(19)11(20)13-15-14-12(21-13)7-4-2-1-3-5-7/h1-5,8-11,13,15-20H,6H2/t8-,9-,10-,11-,13+/m1/s1. The molecule has 5 atom stereocenters. The average Bonchev–Trinajstić information content (AvgIpc) is 3.02. The molecule has 116 valence electrons. The zero-order chi connectivity index (χ0) is 15.4. The highest BCUT2D eigenvalue weighted by molar-refractivity contribution is 8.15. The lowest BCUT2D eigenvalue weighted by atomic mass is 10.0. The van der Waals surface area contributed by atoms with Crippen LogP contribution in [0.5, 0.6) is 0 Å². The van der Waals surface area contributed by atoms with E-state index in [9.17, 15) is 20.4 Å². The lowest BCUT2D eigenvalue weighted by Crippen LogP contribution is -2.51. The van der Waals surface area contributed by atoms with Crippen LogP contribution in [0, 0.1) is 0 Å². The Hall–Kier alpha value is -1.16. The molecule has 0 unspecified atom stereocenters. The molecule has 1 aliphatic rings. The molecule has 1 aromatic carbocycles. The molecule has 0 saturated carbocycles. The van der Waals surface area contributed by atoms with Gasteiger partial charge in [-0.15, -0.1) is 0 Å². The smallest absolute Gasteiger partial charge is 0.125 e. The van der Waals surface area contributed by atoms with Crippen molar-refractivity contribution in [2.75, 3.05) is 6.61 Å². The van der Waals surface area contributed by atoms with Crippen molar-refractivity contribution in [3.8, 4) is 0 Å². The van der Waals surface area contributed by atoms with Gasteiger partial charge in [0.2, 0.25) is 0 Å². The summed E-state index contributed by atoms with van der Waals surface area (Å²) in [4.78, 5) is 0. The molecule has 0 amide bonds. The van der Waals surface area contributed by atoms with Crippen LogP contribution in [0.4, 0.5) is 0 Å². The van der Waals surface area contributed by atoms with E-state index in [0.29, 0.717) is 5.04 Å². The molecular weight excluding hydrogens is 296 g/mol. The molecule has 0 spiro atoms. The number of rotatable bonds is 6. The maximum Gasteiger partial charge on any atom is 0.125 e. The van der Waals surface area contributed by atoms with Crippen molar-refractivity contribution in [1.29, 1.82) is 0 Å². The minimum absolute atomic E-state index is 0.657. The summed E-state index contributed by atoms with van der Waals surface area (Å²) in [5, 5.41) is 51.6. The van der Waals surface area contributed by atoms with Gasteiger partial charge in [-0.25, -0.2) is 0 Å². The third-order valence-corrected chi connectivity index (χ3v) is 4.33. The SMILES string of the molecule is OC[C@@H](O)[C@@H](O)[C@@H](O)[C@@H](O)[C@H]1NN=C(c2ccccc2)S1. The second-order valence-corrected chi connectivity index (χ2v) is 5.80. The van der Waals surface area contributed by atoms with E-state index in [-0.39, 0.29) is 0 Å². The summed E-state index contributed by atoms with van der Waals surface area (Å²) in [6, 6.07) is 9.32. The number of aliphatic hydroxyl groups is 5. The summed E-state index contributed by atoms with van der Waals surface area (Å²) in [6.45, 7) is -0.706. The molecular formula is C13H18N2O5S. The zero-order valence-corrected chi connectivity index (χ0v) is 11.9. The Labute approximate surface area is 125 Å². The van der Waals surface area contributed by atoms with Crippen molar-refractivity contribution < 1.29 is 25.5 Å². The molecule has 8 heteroatoms. The van der Waals surface area contributed by atoms with E-state index in [1.807, 2.05) is 30.3 Å². The Bertz CT molecular complexity index is 487. The van der Waals surface area contributed by atoms with Crippen LogP contribution in [-0.2, 0) is 0 Å². The van der Waals surface area contributed by atoms with Crippen LogP contribution in [0.15, 0.2) is 35.4 Å². The molecule has 0 radical (unpaired) electrons. The summed E-state index contributed by atoms with van der Waals surface area (Å²) in [5.74, 6) is 0. The van der Waals surface area contributed by atoms with Crippen molar-refractivity contribution in [2.24, 2.45) is 5.10 Å². The van der Waals surface area contributed by atoms with Crippen LogP contribution >= 0.6 is 11.8 Å².